The summed E-state index contributed by atoms with van der Waals surface area (Å²) < 4.78 is 5.70. The number of hydrogen-bond acceptors (Lipinski definition) is 4. The largest absolute Gasteiger partial charge is 0.376 e. The summed E-state index contributed by atoms with van der Waals surface area (Å²) in [5.74, 6) is 0.0244. The van der Waals surface area contributed by atoms with Crippen molar-refractivity contribution in [3.8, 4) is 0 Å². The van der Waals surface area contributed by atoms with Gasteiger partial charge in [-0.2, -0.15) is 0 Å². The highest BCUT2D eigenvalue weighted by molar-refractivity contribution is 7.09. The third-order valence-electron chi connectivity index (χ3n) is 3.82. The zero-order valence-electron chi connectivity index (χ0n) is 12.7. The zero-order valence-corrected chi connectivity index (χ0v) is 13.5. The number of amides is 1. The maximum absolute atomic E-state index is 12.8. The minimum atomic E-state index is 0.0244. The molecule has 0 aliphatic carbocycles. The average Bonchev–Trinajstić information content (AvgIpc) is 3.20. The topological polar surface area (TPSA) is 42.4 Å². The van der Waals surface area contributed by atoms with Crippen LogP contribution in [0.4, 0.5) is 0 Å². The van der Waals surface area contributed by atoms with Crippen LogP contribution in [-0.2, 0) is 11.3 Å². The highest BCUT2D eigenvalue weighted by Crippen LogP contribution is 2.19. The molecule has 1 aliphatic rings. The van der Waals surface area contributed by atoms with Gasteiger partial charge in [0.25, 0.3) is 5.91 Å². The summed E-state index contributed by atoms with van der Waals surface area (Å²) >= 11 is 1.67. The maximum Gasteiger partial charge on any atom is 0.255 e. The van der Waals surface area contributed by atoms with Gasteiger partial charge in [0.2, 0.25) is 0 Å². The van der Waals surface area contributed by atoms with Crippen LogP contribution in [0.1, 0.15) is 33.8 Å². The fourth-order valence-electron chi connectivity index (χ4n) is 2.62. The summed E-state index contributed by atoms with van der Waals surface area (Å²) in [5, 5.41) is 2.04. The highest BCUT2D eigenvalue weighted by Gasteiger charge is 2.24. The third-order valence-corrected chi connectivity index (χ3v) is 4.68. The van der Waals surface area contributed by atoms with Crippen LogP contribution in [-0.4, -0.2) is 35.0 Å². The van der Waals surface area contributed by atoms with E-state index in [4.69, 9.17) is 4.74 Å². The molecule has 1 amide bonds. The first-order valence-electron chi connectivity index (χ1n) is 7.58. The molecule has 1 fully saturated rings. The van der Waals surface area contributed by atoms with Crippen molar-refractivity contribution in [3.63, 3.8) is 0 Å². The lowest BCUT2D eigenvalue weighted by atomic mass is 10.2. The van der Waals surface area contributed by atoms with E-state index in [-0.39, 0.29) is 12.0 Å². The van der Waals surface area contributed by atoms with Gasteiger partial charge in [-0.05, 0) is 43.3 Å². The van der Waals surface area contributed by atoms with Crippen molar-refractivity contribution in [1.82, 2.24) is 9.88 Å². The van der Waals surface area contributed by atoms with Crippen LogP contribution in [0.2, 0.25) is 0 Å². The molecule has 3 heterocycles. The number of carbonyl (C=O) groups is 1. The molecule has 1 saturated heterocycles. The minimum Gasteiger partial charge on any atom is -0.376 e. The van der Waals surface area contributed by atoms with Gasteiger partial charge in [0.1, 0.15) is 0 Å². The lowest BCUT2D eigenvalue weighted by Gasteiger charge is -2.25. The van der Waals surface area contributed by atoms with Gasteiger partial charge in [0, 0.05) is 29.9 Å². The van der Waals surface area contributed by atoms with Crippen LogP contribution in [0.3, 0.4) is 0 Å². The van der Waals surface area contributed by atoms with Gasteiger partial charge in [0.15, 0.2) is 0 Å². The Morgan fingerprint density at radius 3 is 3.00 bits per heavy atom. The van der Waals surface area contributed by atoms with E-state index >= 15 is 0 Å². The third kappa shape index (κ3) is 3.72. The smallest absolute Gasteiger partial charge is 0.255 e. The van der Waals surface area contributed by atoms with Crippen LogP contribution in [0.15, 0.2) is 35.8 Å². The molecule has 1 atom stereocenters. The molecular formula is C17H20N2O2S. The summed E-state index contributed by atoms with van der Waals surface area (Å²) in [6.07, 6.45) is 3.93. The van der Waals surface area contributed by atoms with Crippen molar-refractivity contribution >= 4 is 17.2 Å². The lowest BCUT2D eigenvalue weighted by Crippen LogP contribution is -2.36. The molecule has 0 spiro atoms. The standard InChI is InChI=1S/C17H20N2O2S/c1-13-6-7-14(10-18-13)17(20)19(11-15-4-2-8-21-15)12-16-5-3-9-22-16/h3,5-7,9-10,15H,2,4,8,11-12H2,1H3. The van der Waals surface area contributed by atoms with Crippen molar-refractivity contribution in [1.29, 1.82) is 0 Å². The molecule has 2 aromatic rings. The molecular weight excluding hydrogens is 296 g/mol. The van der Waals surface area contributed by atoms with Crippen molar-refractivity contribution in [2.45, 2.75) is 32.4 Å². The SMILES string of the molecule is Cc1ccc(C(=O)N(Cc2cccs2)CC2CCCO2)cn1. The van der Waals surface area contributed by atoms with E-state index in [1.807, 2.05) is 35.4 Å². The highest BCUT2D eigenvalue weighted by atomic mass is 32.1. The van der Waals surface area contributed by atoms with E-state index in [0.29, 0.717) is 18.7 Å². The Bertz CT molecular complexity index is 604. The first kappa shape index (κ1) is 15.2. The number of nitrogens with zero attached hydrogens (tertiary/aromatic N) is 2. The zero-order chi connectivity index (χ0) is 15.4. The Labute approximate surface area is 134 Å². The van der Waals surface area contributed by atoms with Crippen molar-refractivity contribution in [2.75, 3.05) is 13.2 Å². The Morgan fingerprint density at radius 2 is 2.36 bits per heavy atom. The van der Waals surface area contributed by atoms with E-state index in [1.54, 1.807) is 17.5 Å². The summed E-state index contributed by atoms with van der Waals surface area (Å²) in [6.45, 7) is 4.00. The van der Waals surface area contributed by atoms with E-state index in [1.165, 1.54) is 4.88 Å². The van der Waals surface area contributed by atoms with Gasteiger partial charge >= 0.3 is 0 Å². The second-order valence-corrected chi connectivity index (χ2v) is 6.62. The molecule has 5 heteroatoms. The number of rotatable bonds is 5. The van der Waals surface area contributed by atoms with Gasteiger partial charge in [0.05, 0.1) is 18.2 Å². The summed E-state index contributed by atoms with van der Waals surface area (Å²) in [5.41, 5.74) is 1.56. The van der Waals surface area contributed by atoms with Crippen LogP contribution in [0.25, 0.3) is 0 Å². The van der Waals surface area contributed by atoms with E-state index in [9.17, 15) is 4.79 Å². The monoisotopic (exact) mass is 316 g/mol. The lowest BCUT2D eigenvalue weighted by molar-refractivity contribution is 0.0509. The van der Waals surface area contributed by atoms with Gasteiger partial charge in [-0.3, -0.25) is 9.78 Å². The van der Waals surface area contributed by atoms with Crippen molar-refractivity contribution in [3.05, 3.63) is 52.0 Å². The number of ether oxygens (including phenoxy) is 1. The normalized spacial score (nSPS) is 17.6. The minimum absolute atomic E-state index is 0.0244. The van der Waals surface area contributed by atoms with Crippen LogP contribution >= 0.6 is 11.3 Å². The molecule has 1 unspecified atom stereocenters. The van der Waals surface area contributed by atoms with Gasteiger partial charge in [-0.15, -0.1) is 11.3 Å². The van der Waals surface area contributed by atoms with Gasteiger partial charge in [-0.1, -0.05) is 6.07 Å². The predicted octanol–water partition coefficient (Wildman–Crippen LogP) is 3.27. The number of pyridine rings is 1. The maximum atomic E-state index is 12.8. The number of carbonyl (C=O) groups excluding carboxylic acids is 1. The Hall–Kier alpha value is -1.72. The number of aryl methyl sites for hydroxylation is 1. The first-order chi connectivity index (χ1) is 10.7. The van der Waals surface area contributed by atoms with Crippen LogP contribution < -0.4 is 0 Å². The predicted molar refractivity (Wildman–Crippen MR) is 87.0 cm³/mol. The second-order valence-electron chi connectivity index (χ2n) is 5.59. The van der Waals surface area contributed by atoms with E-state index in [2.05, 4.69) is 11.1 Å². The molecule has 0 saturated carbocycles. The molecule has 0 radical (unpaired) electrons. The summed E-state index contributed by atoms with van der Waals surface area (Å²) in [6, 6.07) is 7.81. The van der Waals surface area contributed by atoms with Crippen LogP contribution in [0.5, 0.6) is 0 Å². The Balaban J connectivity index is 1.76. The molecule has 116 valence electrons. The van der Waals surface area contributed by atoms with Gasteiger partial charge < -0.3 is 9.64 Å². The summed E-state index contributed by atoms with van der Waals surface area (Å²) in [7, 11) is 0. The molecule has 0 N–H and O–H groups in total. The van der Waals surface area contributed by atoms with Crippen LogP contribution in [0, 0.1) is 6.92 Å². The van der Waals surface area contributed by atoms with Crippen molar-refractivity contribution in [2.24, 2.45) is 0 Å². The molecule has 2 aromatic heterocycles. The van der Waals surface area contributed by atoms with E-state index in [0.717, 1.165) is 25.1 Å². The quantitative estimate of drug-likeness (QED) is 0.850. The molecule has 0 bridgehead atoms. The fraction of sp³-hybridized carbons (Fsp3) is 0.412. The molecule has 4 nitrogen and oxygen atoms in total. The molecule has 0 aromatic carbocycles. The molecule has 22 heavy (non-hydrogen) atoms. The van der Waals surface area contributed by atoms with Gasteiger partial charge in [-0.25, -0.2) is 0 Å². The van der Waals surface area contributed by atoms with E-state index < -0.39 is 0 Å². The average molecular weight is 316 g/mol. The van der Waals surface area contributed by atoms with Crippen molar-refractivity contribution < 1.29 is 9.53 Å². The second kappa shape index (κ2) is 7.03. The number of thiophene rings is 1. The molecule has 1 aliphatic heterocycles. The summed E-state index contributed by atoms with van der Waals surface area (Å²) in [4.78, 5) is 20.1. The Kier molecular flexibility index (Phi) is 4.85. The number of aromatic nitrogens is 1. The molecule has 3 rings (SSSR count). The first-order valence-corrected chi connectivity index (χ1v) is 8.46. The Morgan fingerprint density at radius 1 is 1.45 bits per heavy atom. The number of hydrogen-bond donors (Lipinski definition) is 0. The fourth-order valence-corrected chi connectivity index (χ4v) is 3.34.